The van der Waals surface area contributed by atoms with Crippen LogP contribution in [0.15, 0.2) is 48.5 Å². The van der Waals surface area contributed by atoms with Crippen molar-refractivity contribution in [1.29, 1.82) is 0 Å². The van der Waals surface area contributed by atoms with Crippen LogP contribution in [-0.2, 0) is 0 Å². The molecule has 0 radical (unpaired) electrons. The molecule has 82 valence electrons. The van der Waals surface area contributed by atoms with Gasteiger partial charge in [-0.25, -0.2) is 8.78 Å². The normalized spacial score (nSPS) is 10.8. The SMILES string of the molecule is O[SiH](c1ccc(F)cc1)c1ccc(F)cc1. The summed E-state index contributed by atoms with van der Waals surface area (Å²) in [5, 5.41) is 1.43. The Balaban J connectivity index is 2.28. The van der Waals surface area contributed by atoms with Crippen molar-refractivity contribution in [3.8, 4) is 0 Å². The minimum Gasteiger partial charge on any atom is -0.426 e. The molecule has 0 aromatic heterocycles. The summed E-state index contributed by atoms with van der Waals surface area (Å²) in [6, 6.07) is 11.5. The van der Waals surface area contributed by atoms with Gasteiger partial charge in [-0.15, -0.1) is 0 Å². The molecule has 0 unspecified atom stereocenters. The lowest BCUT2D eigenvalue weighted by Crippen LogP contribution is -2.42. The molecule has 0 amide bonds. The molecule has 2 aromatic carbocycles. The van der Waals surface area contributed by atoms with Gasteiger partial charge in [0.1, 0.15) is 11.6 Å². The summed E-state index contributed by atoms with van der Waals surface area (Å²) in [6.45, 7) is 0. The highest BCUT2D eigenvalue weighted by Crippen LogP contribution is 1.96. The van der Waals surface area contributed by atoms with Crippen LogP contribution in [0, 0.1) is 11.6 Å². The van der Waals surface area contributed by atoms with Crippen LogP contribution >= 0.6 is 0 Å². The lowest BCUT2D eigenvalue weighted by molar-refractivity contribution is 0.599. The Labute approximate surface area is 93.7 Å². The summed E-state index contributed by atoms with van der Waals surface area (Å²) in [4.78, 5) is 10.1. The van der Waals surface area contributed by atoms with Gasteiger partial charge in [0.15, 0.2) is 0 Å². The lowest BCUT2D eigenvalue weighted by atomic mass is 10.3. The quantitative estimate of drug-likeness (QED) is 0.765. The molecular formula is C12H10F2OSi. The molecule has 0 spiro atoms. The molecule has 0 atom stereocenters. The average molecular weight is 236 g/mol. The first-order valence-electron chi connectivity index (χ1n) is 4.86. The van der Waals surface area contributed by atoms with Crippen LogP contribution in [0.3, 0.4) is 0 Å². The monoisotopic (exact) mass is 236 g/mol. The van der Waals surface area contributed by atoms with E-state index in [9.17, 15) is 13.6 Å². The van der Waals surface area contributed by atoms with Crippen molar-refractivity contribution in [3.63, 3.8) is 0 Å². The van der Waals surface area contributed by atoms with Crippen LogP contribution < -0.4 is 10.4 Å². The third-order valence-corrected chi connectivity index (χ3v) is 4.40. The molecular weight excluding hydrogens is 226 g/mol. The highest BCUT2D eigenvalue weighted by Gasteiger charge is 2.12. The Bertz CT molecular complexity index is 422. The number of halogens is 2. The first-order chi connectivity index (χ1) is 7.66. The molecule has 2 aromatic rings. The second kappa shape index (κ2) is 4.55. The fourth-order valence-electron chi connectivity index (χ4n) is 1.48. The summed E-state index contributed by atoms with van der Waals surface area (Å²) < 4.78 is 25.4. The number of rotatable bonds is 2. The Morgan fingerprint density at radius 2 is 1.00 bits per heavy atom. The average Bonchev–Trinajstić information content (AvgIpc) is 2.30. The van der Waals surface area contributed by atoms with Crippen molar-refractivity contribution >= 4 is 19.4 Å². The molecule has 0 saturated carbocycles. The van der Waals surface area contributed by atoms with E-state index in [1.807, 2.05) is 0 Å². The van der Waals surface area contributed by atoms with Gasteiger partial charge in [-0.05, 0) is 34.6 Å². The summed E-state index contributed by atoms with van der Waals surface area (Å²) in [5.41, 5.74) is 0. The first-order valence-corrected chi connectivity index (χ1v) is 6.53. The molecule has 1 N–H and O–H groups in total. The van der Waals surface area contributed by atoms with Gasteiger partial charge >= 0.3 is 0 Å². The lowest BCUT2D eigenvalue weighted by Gasteiger charge is -2.08. The number of hydrogen-bond acceptors (Lipinski definition) is 1. The van der Waals surface area contributed by atoms with Crippen molar-refractivity contribution in [1.82, 2.24) is 0 Å². The third kappa shape index (κ3) is 2.34. The molecule has 0 fully saturated rings. The fourth-order valence-corrected chi connectivity index (χ4v) is 2.98. The predicted octanol–water partition coefficient (Wildman–Crippen LogP) is 0.795. The second-order valence-corrected chi connectivity index (χ2v) is 5.64. The van der Waals surface area contributed by atoms with E-state index < -0.39 is 9.04 Å². The minimum absolute atomic E-state index is 0.330. The molecule has 0 aliphatic carbocycles. The maximum Gasteiger partial charge on any atom is 0.236 e. The first kappa shape index (κ1) is 11.0. The molecule has 0 aliphatic heterocycles. The maximum atomic E-state index is 12.7. The van der Waals surface area contributed by atoms with Gasteiger partial charge in [-0.2, -0.15) is 0 Å². The van der Waals surface area contributed by atoms with Gasteiger partial charge in [0.25, 0.3) is 0 Å². The molecule has 0 bridgehead atoms. The molecule has 0 saturated heterocycles. The highest BCUT2D eigenvalue weighted by atomic mass is 28.3. The van der Waals surface area contributed by atoms with Crippen LogP contribution in [0.2, 0.25) is 0 Å². The standard InChI is InChI=1S/C12H10F2OSi/c13-9-1-5-11(6-2-9)16(15)12-7-3-10(14)4-8-12/h1-8,15-16H. The molecule has 0 heterocycles. The maximum absolute atomic E-state index is 12.7. The Morgan fingerprint density at radius 3 is 1.31 bits per heavy atom. The van der Waals surface area contributed by atoms with Crippen molar-refractivity contribution in [3.05, 3.63) is 60.2 Å². The van der Waals surface area contributed by atoms with E-state index in [4.69, 9.17) is 0 Å². The van der Waals surface area contributed by atoms with Crippen molar-refractivity contribution in [2.45, 2.75) is 0 Å². The van der Waals surface area contributed by atoms with Crippen molar-refractivity contribution < 1.29 is 13.6 Å². The van der Waals surface area contributed by atoms with E-state index in [1.54, 1.807) is 24.3 Å². The van der Waals surface area contributed by atoms with E-state index in [0.29, 0.717) is 10.4 Å². The summed E-state index contributed by atoms with van der Waals surface area (Å²) in [6.07, 6.45) is 0. The molecule has 1 nitrogen and oxygen atoms in total. The van der Waals surface area contributed by atoms with Gasteiger partial charge in [0.05, 0.1) is 0 Å². The smallest absolute Gasteiger partial charge is 0.236 e. The third-order valence-electron chi connectivity index (χ3n) is 2.37. The van der Waals surface area contributed by atoms with Crippen molar-refractivity contribution in [2.24, 2.45) is 0 Å². The van der Waals surface area contributed by atoms with Crippen LogP contribution in [0.5, 0.6) is 0 Å². The van der Waals surface area contributed by atoms with Crippen molar-refractivity contribution in [2.75, 3.05) is 0 Å². The second-order valence-electron chi connectivity index (χ2n) is 3.51. The Morgan fingerprint density at radius 1 is 0.688 bits per heavy atom. The zero-order chi connectivity index (χ0) is 11.5. The van der Waals surface area contributed by atoms with E-state index in [0.717, 1.165) is 0 Å². The molecule has 0 aliphatic rings. The van der Waals surface area contributed by atoms with E-state index >= 15 is 0 Å². The van der Waals surface area contributed by atoms with E-state index in [2.05, 4.69) is 0 Å². The zero-order valence-electron chi connectivity index (χ0n) is 8.40. The Kier molecular flexibility index (Phi) is 3.12. The van der Waals surface area contributed by atoms with E-state index in [1.165, 1.54) is 24.3 Å². The summed E-state index contributed by atoms with van der Waals surface area (Å²) in [7, 11) is -2.29. The minimum atomic E-state index is -2.29. The summed E-state index contributed by atoms with van der Waals surface area (Å²) >= 11 is 0. The molecule has 2 rings (SSSR count). The topological polar surface area (TPSA) is 20.2 Å². The van der Waals surface area contributed by atoms with Gasteiger partial charge in [0, 0.05) is 0 Å². The zero-order valence-corrected chi connectivity index (χ0v) is 9.55. The number of benzene rings is 2. The number of hydrogen-bond donors (Lipinski definition) is 1. The summed E-state index contributed by atoms with van der Waals surface area (Å²) in [5.74, 6) is -0.659. The fraction of sp³-hybridized carbons (Fsp3) is 0. The van der Waals surface area contributed by atoms with Gasteiger partial charge < -0.3 is 4.80 Å². The van der Waals surface area contributed by atoms with E-state index in [-0.39, 0.29) is 11.6 Å². The van der Waals surface area contributed by atoms with Crippen LogP contribution in [-0.4, -0.2) is 13.8 Å². The van der Waals surface area contributed by atoms with Crippen LogP contribution in [0.25, 0.3) is 0 Å². The predicted molar refractivity (Wildman–Crippen MR) is 61.4 cm³/mol. The Hall–Kier alpha value is -1.52. The van der Waals surface area contributed by atoms with Gasteiger partial charge in [-0.3, -0.25) is 0 Å². The highest BCUT2D eigenvalue weighted by molar-refractivity contribution is 6.78. The van der Waals surface area contributed by atoms with Crippen LogP contribution in [0.1, 0.15) is 0 Å². The van der Waals surface area contributed by atoms with Gasteiger partial charge in [-0.1, -0.05) is 24.3 Å². The van der Waals surface area contributed by atoms with Crippen LogP contribution in [0.4, 0.5) is 8.78 Å². The largest absolute Gasteiger partial charge is 0.426 e. The molecule has 4 heteroatoms. The van der Waals surface area contributed by atoms with Gasteiger partial charge in [0.2, 0.25) is 9.04 Å². The molecule has 16 heavy (non-hydrogen) atoms.